The van der Waals surface area contributed by atoms with E-state index in [1.807, 2.05) is 6.92 Å². The lowest BCUT2D eigenvalue weighted by atomic mass is 10.1. The smallest absolute Gasteiger partial charge is 0.270 e. The highest BCUT2D eigenvalue weighted by atomic mass is 32.2. The first kappa shape index (κ1) is 18.7. The van der Waals surface area contributed by atoms with Crippen molar-refractivity contribution in [3.8, 4) is 0 Å². The molecule has 1 heterocycles. The number of ether oxygens (including phenoxy) is 1. The van der Waals surface area contributed by atoms with Crippen LogP contribution in [-0.4, -0.2) is 57.6 Å². The van der Waals surface area contributed by atoms with Crippen molar-refractivity contribution < 1.29 is 17.9 Å². The van der Waals surface area contributed by atoms with Crippen LogP contribution < -0.4 is 4.72 Å². The number of aromatic amines is 1. The number of sulfonamides is 1. The molecule has 0 unspecified atom stereocenters. The number of hydrogen-bond donors (Lipinski definition) is 2. The van der Waals surface area contributed by atoms with E-state index in [9.17, 15) is 13.2 Å². The fourth-order valence-electron chi connectivity index (χ4n) is 2.02. The highest BCUT2D eigenvalue weighted by molar-refractivity contribution is 7.89. The topological polar surface area (TPSA) is 91.5 Å². The first-order valence-electron chi connectivity index (χ1n) is 7.27. The highest BCUT2D eigenvalue weighted by Crippen LogP contribution is 2.14. The molecule has 22 heavy (non-hydrogen) atoms. The van der Waals surface area contributed by atoms with Gasteiger partial charge in [0, 0.05) is 32.9 Å². The van der Waals surface area contributed by atoms with Crippen molar-refractivity contribution in [2.24, 2.45) is 0 Å². The number of H-pyrrole nitrogens is 1. The number of aromatic nitrogens is 1. The number of nitrogens with one attached hydrogen (secondary N) is 2. The monoisotopic (exact) mass is 331 g/mol. The number of hydrogen-bond acceptors (Lipinski definition) is 4. The van der Waals surface area contributed by atoms with E-state index >= 15 is 0 Å². The molecule has 1 rings (SSSR count). The standard InChI is InChI=1S/C14H25N3O4S/c1-5-6-11(2)17(3)14(18)13-9-12(10-15-13)22(19,20)16-7-8-21-4/h9-11,15-16H,5-8H2,1-4H3/t11-/m1/s1. The maximum absolute atomic E-state index is 12.3. The van der Waals surface area contributed by atoms with Gasteiger partial charge in [-0.15, -0.1) is 0 Å². The first-order chi connectivity index (χ1) is 10.3. The minimum atomic E-state index is -3.63. The van der Waals surface area contributed by atoms with Crippen LogP contribution in [0.15, 0.2) is 17.2 Å². The van der Waals surface area contributed by atoms with E-state index < -0.39 is 10.0 Å². The molecule has 0 aliphatic heterocycles. The Kier molecular flexibility index (Phi) is 7.05. The quantitative estimate of drug-likeness (QED) is 0.665. The maximum atomic E-state index is 12.3. The van der Waals surface area contributed by atoms with Crippen LogP contribution in [-0.2, 0) is 14.8 Å². The van der Waals surface area contributed by atoms with Crippen molar-refractivity contribution in [2.45, 2.75) is 37.6 Å². The number of amides is 1. The Morgan fingerprint density at radius 1 is 1.50 bits per heavy atom. The zero-order valence-electron chi connectivity index (χ0n) is 13.5. The summed E-state index contributed by atoms with van der Waals surface area (Å²) in [5.74, 6) is -0.223. The molecule has 0 aromatic carbocycles. The van der Waals surface area contributed by atoms with E-state index in [0.717, 1.165) is 12.8 Å². The molecule has 0 spiro atoms. The van der Waals surface area contributed by atoms with E-state index in [4.69, 9.17) is 4.74 Å². The normalized spacial score (nSPS) is 13.1. The van der Waals surface area contributed by atoms with Crippen LogP contribution >= 0.6 is 0 Å². The van der Waals surface area contributed by atoms with Crippen LogP contribution in [0.4, 0.5) is 0 Å². The highest BCUT2D eigenvalue weighted by Gasteiger charge is 2.22. The van der Waals surface area contributed by atoms with Gasteiger partial charge in [0.1, 0.15) is 10.6 Å². The minimum Gasteiger partial charge on any atom is -0.383 e. The lowest BCUT2D eigenvalue weighted by Gasteiger charge is -2.24. The van der Waals surface area contributed by atoms with Crippen LogP contribution in [0.5, 0.6) is 0 Å². The predicted octanol–water partition coefficient (Wildman–Crippen LogP) is 1.20. The lowest BCUT2D eigenvalue weighted by Crippen LogP contribution is -2.35. The first-order valence-corrected chi connectivity index (χ1v) is 8.76. The van der Waals surface area contributed by atoms with Gasteiger partial charge in [0.2, 0.25) is 10.0 Å². The number of carbonyl (C=O) groups is 1. The van der Waals surface area contributed by atoms with Crippen LogP contribution in [0.3, 0.4) is 0 Å². The molecule has 1 atom stereocenters. The average Bonchev–Trinajstić information content (AvgIpc) is 2.96. The third-order valence-electron chi connectivity index (χ3n) is 3.48. The number of nitrogens with zero attached hydrogens (tertiary/aromatic N) is 1. The molecule has 0 saturated carbocycles. The van der Waals surface area contributed by atoms with E-state index in [1.165, 1.54) is 19.4 Å². The zero-order chi connectivity index (χ0) is 16.8. The summed E-state index contributed by atoms with van der Waals surface area (Å²) in [4.78, 5) is 16.7. The Morgan fingerprint density at radius 2 is 2.18 bits per heavy atom. The predicted molar refractivity (Wildman–Crippen MR) is 84.3 cm³/mol. The zero-order valence-corrected chi connectivity index (χ0v) is 14.4. The van der Waals surface area contributed by atoms with Crippen molar-refractivity contribution in [3.05, 3.63) is 18.0 Å². The molecule has 0 aliphatic carbocycles. The van der Waals surface area contributed by atoms with E-state index in [-0.39, 0.29) is 35.7 Å². The summed E-state index contributed by atoms with van der Waals surface area (Å²) in [6, 6.07) is 1.45. The van der Waals surface area contributed by atoms with Gasteiger partial charge in [-0.25, -0.2) is 13.1 Å². The molecule has 0 aliphatic rings. The van der Waals surface area contributed by atoms with Crippen molar-refractivity contribution in [2.75, 3.05) is 27.3 Å². The molecule has 7 nitrogen and oxygen atoms in total. The molecule has 0 radical (unpaired) electrons. The second kappa shape index (κ2) is 8.30. The van der Waals surface area contributed by atoms with Crippen LogP contribution in [0, 0.1) is 0 Å². The summed E-state index contributed by atoms with van der Waals surface area (Å²) in [5.41, 5.74) is 0.262. The van der Waals surface area contributed by atoms with E-state index in [0.29, 0.717) is 0 Å². The van der Waals surface area contributed by atoms with Crippen molar-refractivity contribution in [1.82, 2.24) is 14.6 Å². The van der Waals surface area contributed by atoms with Gasteiger partial charge in [-0.05, 0) is 19.4 Å². The molecular weight excluding hydrogens is 306 g/mol. The molecule has 1 amide bonds. The Balaban J connectivity index is 2.80. The SMILES string of the molecule is CCC[C@@H](C)N(C)C(=O)c1cc(S(=O)(=O)NCCOC)c[nH]1. The Morgan fingerprint density at radius 3 is 2.77 bits per heavy atom. The second-order valence-corrected chi connectivity index (χ2v) is 6.96. The summed E-state index contributed by atoms with van der Waals surface area (Å²) >= 11 is 0. The molecular formula is C14H25N3O4S. The fraction of sp³-hybridized carbons (Fsp3) is 0.643. The molecule has 0 saturated heterocycles. The van der Waals surface area contributed by atoms with Gasteiger partial charge in [0.25, 0.3) is 5.91 Å². The van der Waals surface area contributed by atoms with Gasteiger partial charge in [-0.1, -0.05) is 13.3 Å². The summed E-state index contributed by atoms with van der Waals surface area (Å²) in [6.45, 7) is 4.49. The molecule has 8 heteroatoms. The Labute approximate surface area is 132 Å². The van der Waals surface area contributed by atoms with Gasteiger partial charge in [0.15, 0.2) is 0 Å². The molecule has 0 fully saturated rings. The molecule has 126 valence electrons. The van der Waals surface area contributed by atoms with Crippen molar-refractivity contribution in [3.63, 3.8) is 0 Å². The summed E-state index contributed by atoms with van der Waals surface area (Å²) in [7, 11) is -0.422. The Bertz CT molecular complexity index is 583. The van der Waals surface area contributed by atoms with Crippen LogP contribution in [0.1, 0.15) is 37.2 Å². The summed E-state index contributed by atoms with van der Waals surface area (Å²) in [5, 5.41) is 0. The van der Waals surface area contributed by atoms with Crippen molar-refractivity contribution in [1.29, 1.82) is 0 Å². The summed E-state index contributed by atoms with van der Waals surface area (Å²) in [6.07, 6.45) is 3.19. The van der Waals surface area contributed by atoms with Crippen LogP contribution in [0.25, 0.3) is 0 Å². The van der Waals surface area contributed by atoms with Crippen LogP contribution in [0.2, 0.25) is 0 Å². The van der Waals surface area contributed by atoms with Crippen molar-refractivity contribution >= 4 is 15.9 Å². The van der Waals surface area contributed by atoms with Gasteiger partial charge in [-0.3, -0.25) is 4.79 Å². The van der Waals surface area contributed by atoms with E-state index in [2.05, 4.69) is 16.6 Å². The third-order valence-corrected chi connectivity index (χ3v) is 4.92. The van der Waals surface area contributed by atoms with E-state index in [1.54, 1.807) is 11.9 Å². The maximum Gasteiger partial charge on any atom is 0.270 e. The fourth-order valence-corrected chi connectivity index (χ4v) is 3.02. The largest absolute Gasteiger partial charge is 0.383 e. The molecule has 1 aromatic rings. The Hall–Kier alpha value is -1.38. The van der Waals surface area contributed by atoms with Gasteiger partial charge >= 0.3 is 0 Å². The average molecular weight is 331 g/mol. The van der Waals surface area contributed by atoms with Gasteiger partial charge in [-0.2, -0.15) is 0 Å². The number of methoxy groups -OCH3 is 1. The number of rotatable bonds is 9. The lowest BCUT2D eigenvalue weighted by molar-refractivity contribution is 0.0731. The number of carbonyl (C=O) groups excluding carboxylic acids is 1. The molecule has 0 bridgehead atoms. The molecule has 2 N–H and O–H groups in total. The summed E-state index contributed by atoms with van der Waals surface area (Å²) < 4.78 is 31.3. The molecule has 1 aromatic heterocycles. The minimum absolute atomic E-state index is 0.0449. The third kappa shape index (κ3) is 4.82. The van der Waals surface area contributed by atoms with Gasteiger partial charge in [0.05, 0.1) is 6.61 Å². The van der Waals surface area contributed by atoms with Gasteiger partial charge < -0.3 is 14.6 Å². The second-order valence-electron chi connectivity index (χ2n) is 5.19.